The Hall–Kier alpha value is -1.63. The van der Waals surface area contributed by atoms with Gasteiger partial charge >= 0.3 is 0 Å². The van der Waals surface area contributed by atoms with E-state index in [1.165, 1.54) is 27.4 Å². The van der Waals surface area contributed by atoms with E-state index >= 15 is 0 Å². The van der Waals surface area contributed by atoms with Gasteiger partial charge in [0, 0.05) is 37.0 Å². The van der Waals surface area contributed by atoms with Gasteiger partial charge in [-0.2, -0.15) is 4.31 Å². The van der Waals surface area contributed by atoms with Crippen LogP contribution in [0.3, 0.4) is 0 Å². The fraction of sp³-hybridized carbons (Fsp3) is 0.286. The number of thioether (sulfide) groups is 2. The summed E-state index contributed by atoms with van der Waals surface area (Å²) in [7, 11) is -3.53. The minimum Gasteiger partial charge on any atom is -0.339 e. The molecule has 4 rings (SSSR count). The fourth-order valence-electron chi connectivity index (χ4n) is 3.17. The number of hydrogen-bond acceptors (Lipinski definition) is 8. The number of aromatic nitrogens is 2. The third kappa shape index (κ3) is 6.49. The first kappa shape index (κ1) is 24.5. The van der Waals surface area contributed by atoms with Gasteiger partial charge in [-0.1, -0.05) is 76.8 Å². The summed E-state index contributed by atoms with van der Waals surface area (Å²) in [6.07, 6.45) is 0. The van der Waals surface area contributed by atoms with Crippen molar-refractivity contribution < 1.29 is 13.2 Å². The lowest BCUT2D eigenvalue weighted by atomic mass is 10.2. The van der Waals surface area contributed by atoms with Crippen molar-refractivity contribution in [3.05, 3.63) is 65.2 Å². The fourth-order valence-corrected chi connectivity index (χ4v) is 7.62. The van der Waals surface area contributed by atoms with Crippen LogP contribution in [0.25, 0.3) is 0 Å². The van der Waals surface area contributed by atoms with Crippen LogP contribution in [0.5, 0.6) is 0 Å². The van der Waals surface area contributed by atoms with E-state index in [9.17, 15) is 13.2 Å². The summed E-state index contributed by atoms with van der Waals surface area (Å²) in [5, 5.41) is 9.07. The second kappa shape index (κ2) is 11.2. The number of hydrogen-bond donors (Lipinski definition) is 0. The average Bonchev–Trinajstić information content (AvgIpc) is 3.31. The number of carbonyl (C=O) groups is 1. The first-order valence-corrected chi connectivity index (χ1v) is 14.7. The Bertz CT molecular complexity index is 1180. The topological polar surface area (TPSA) is 83.5 Å². The first-order chi connectivity index (χ1) is 15.9. The number of halogens is 1. The highest BCUT2D eigenvalue weighted by atomic mass is 35.5. The van der Waals surface area contributed by atoms with E-state index in [2.05, 4.69) is 10.2 Å². The zero-order valence-corrected chi connectivity index (χ0v) is 21.5. The third-order valence-electron chi connectivity index (χ3n) is 4.95. The maximum absolute atomic E-state index is 12.7. The van der Waals surface area contributed by atoms with Crippen molar-refractivity contribution in [2.24, 2.45) is 0 Å². The summed E-state index contributed by atoms with van der Waals surface area (Å²) in [6.45, 7) is 1.34. The van der Waals surface area contributed by atoms with Gasteiger partial charge in [-0.25, -0.2) is 8.42 Å². The van der Waals surface area contributed by atoms with Crippen LogP contribution >= 0.6 is 46.5 Å². The number of piperazine rings is 1. The molecule has 1 amide bonds. The molecule has 2 aromatic carbocycles. The van der Waals surface area contributed by atoms with Crippen molar-refractivity contribution in [2.75, 3.05) is 31.9 Å². The quantitative estimate of drug-likeness (QED) is 0.397. The maximum atomic E-state index is 12.7. The van der Waals surface area contributed by atoms with Gasteiger partial charge in [0.05, 0.1) is 10.6 Å². The monoisotopic (exact) mass is 540 g/mol. The molecule has 2 heterocycles. The van der Waals surface area contributed by atoms with Crippen molar-refractivity contribution in [3.8, 4) is 0 Å². The second-order valence-corrected chi connectivity index (χ2v) is 12.9. The minimum atomic E-state index is -3.53. The van der Waals surface area contributed by atoms with Gasteiger partial charge in [0.2, 0.25) is 15.9 Å². The molecular formula is C21H21ClN4O3S4. The smallest absolute Gasteiger partial charge is 0.243 e. The molecule has 0 radical (unpaired) electrons. The Morgan fingerprint density at radius 2 is 1.58 bits per heavy atom. The SMILES string of the molecule is O=C(CSc1nnc(SCc2ccc(Cl)cc2)s1)N1CCN(S(=O)(=O)c2ccccc2)CC1. The van der Waals surface area contributed by atoms with E-state index in [1.807, 2.05) is 24.3 Å². The number of benzene rings is 2. The average molecular weight is 541 g/mol. The van der Waals surface area contributed by atoms with Gasteiger partial charge in [-0.3, -0.25) is 4.79 Å². The van der Waals surface area contributed by atoms with Gasteiger partial charge < -0.3 is 4.90 Å². The van der Waals surface area contributed by atoms with Crippen LogP contribution in [0.1, 0.15) is 5.56 Å². The summed E-state index contributed by atoms with van der Waals surface area (Å²) in [5.74, 6) is 0.996. The molecule has 1 aliphatic rings. The molecule has 0 N–H and O–H groups in total. The van der Waals surface area contributed by atoms with E-state index in [4.69, 9.17) is 11.6 Å². The molecule has 174 valence electrons. The summed E-state index contributed by atoms with van der Waals surface area (Å²) in [4.78, 5) is 14.6. The molecule has 0 unspecified atom stereocenters. The lowest BCUT2D eigenvalue weighted by Crippen LogP contribution is -2.50. The molecule has 3 aromatic rings. The van der Waals surface area contributed by atoms with E-state index in [0.717, 1.165) is 20.0 Å². The molecule has 7 nitrogen and oxygen atoms in total. The summed E-state index contributed by atoms with van der Waals surface area (Å²) >= 11 is 10.3. The molecule has 1 aromatic heterocycles. The molecule has 0 spiro atoms. The summed E-state index contributed by atoms with van der Waals surface area (Å²) in [5.41, 5.74) is 1.15. The van der Waals surface area contributed by atoms with Crippen LogP contribution in [-0.2, 0) is 20.6 Å². The number of rotatable bonds is 8. The zero-order valence-electron chi connectivity index (χ0n) is 17.5. The number of nitrogens with zero attached hydrogens (tertiary/aromatic N) is 4. The largest absolute Gasteiger partial charge is 0.339 e. The van der Waals surface area contributed by atoms with Crippen LogP contribution in [0.4, 0.5) is 0 Å². The van der Waals surface area contributed by atoms with Gasteiger partial charge in [0.25, 0.3) is 0 Å². The van der Waals surface area contributed by atoms with Gasteiger partial charge in [-0.05, 0) is 29.8 Å². The Labute approximate surface area is 210 Å². The van der Waals surface area contributed by atoms with Crippen LogP contribution < -0.4 is 0 Å². The standard InChI is InChI=1S/C21H21ClN4O3S4/c22-17-8-6-16(7-9-17)14-30-20-23-24-21(32-20)31-15-19(27)25-10-12-26(13-11-25)33(28,29)18-4-2-1-3-5-18/h1-9H,10-15H2. The highest BCUT2D eigenvalue weighted by molar-refractivity contribution is 8.03. The molecule has 0 saturated carbocycles. The van der Waals surface area contributed by atoms with Gasteiger partial charge in [-0.15, -0.1) is 10.2 Å². The Balaban J connectivity index is 1.23. The third-order valence-corrected chi connectivity index (χ3v) is 10.4. The van der Waals surface area contributed by atoms with Crippen LogP contribution in [0.2, 0.25) is 5.02 Å². The van der Waals surface area contributed by atoms with E-state index in [-0.39, 0.29) is 29.6 Å². The van der Waals surface area contributed by atoms with Crippen molar-refractivity contribution in [2.45, 2.75) is 19.3 Å². The summed E-state index contributed by atoms with van der Waals surface area (Å²) in [6, 6.07) is 16.1. The Morgan fingerprint density at radius 3 is 2.24 bits per heavy atom. The normalized spacial score (nSPS) is 15.0. The van der Waals surface area contributed by atoms with Crippen molar-refractivity contribution in [1.29, 1.82) is 0 Å². The molecule has 1 fully saturated rings. The highest BCUT2D eigenvalue weighted by Crippen LogP contribution is 2.31. The predicted octanol–water partition coefficient (Wildman–Crippen LogP) is 4.11. The summed E-state index contributed by atoms with van der Waals surface area (Å²) < 4.78 is 28.5. The van der Waals surface area contributed by atoms with E-state index in [0.29, 0.717) is 18.1 Å². The van der Waals surface area contributed by atoms with Crippen LogP contribution in [-0.4, -0.2) is 65.7 Å². The molecular weight excluding hydrogens is 520 g/mol. The molecule has 33 heavy (non-hydrogen) atoms. The minimum absolute atomic E-state index is 0.0256. The second-order valence-electron chi connectivity index (χ2n) is 7.14. The van der Waals surface area contributed by atoms with Crippen LogP contribution in [0, 0.1) is 0 Å². The van der Waals surface area contributed by atoms with Crippen molar-refractivity contribution >= 4 is 62.4 Å². The molecule has 1 aliphatic heterocycles. The van der Waals surface area contributed by atoms with E-state index < -0.39 is 10.0 Å². The Kier molecular flexibility index (Phi) is 8.31. The first-order valence-electron chi connectivity index (χ1n) is 10.1. The van der Waals surface area contributed by atoms with Crippen LogP contribution in [0.15, 0.2) is 68.2 Å². The Morgan fingerprint density at radius 1 is 0.939 bits per heavy atom. The molecule has 12 heteroatoms. The van der Waals surface area contributed by atoms with Gasteiger partial charge in [0.1, 0.15) is 0 Å². The number of carbonyl (C=O) groups excluding carboxylic acids is 1. The lowest BCUT2D eigenvalue weighted by molar-refractivity contribution is -0.129. The van der Waals surface area contributed by atoms with E-state index in [1.54, 1.807) is 47.0 Å². The lowest BCUT2D eigenvalue weighted by Gasteiger charge is -2.34. The highest BCUT2D eigenvalue weighted by Gasteiger charge is 2.30. The predicted molar refractivity (Wildman–Crippen MR) is 133 cm³/mol. The molecule has 0 bridgehead atoms. The van der Waals surface area contributed by atoms with Gasteiger partial charge in [0.15, 0.2) is 8.68 Å². The molecule has 0 atom stereocenters. The zero-order chi connectivity index (χ0) is 23.3. The molecule has 0 aliphatic carbocycles. The maximum Gasteiger partial charge on any atom is 0.243 e. The number of sulfonamides is 1. The van der Waals surface area contributed by atoms with Crippen molar-refractivity contribution in [1.82, 2.24) is 19.4 Å². The number of amides is 1. The molecule has 1 saturated heterocycles. The van der Waals surface area contributed by atoms with Crippen molar-refractivity contribution in [3.63, 3.8) is 0 Å².